The fraction of sp³-hybridized carbons (Fsp3) is 0.333. The Balaban J connectivity index is 1.73. The first-order chi connectivity index (χ1) is 22.7. The van der Waals surface area contributed by atoms with Crippen molar-refractivity contribution in [2.24, 2.45) is 27.9 Å². The summed E-state index contributed by atoms with van der Waals surface area (Å²) in [5.41, 5.74) is 23.9. The molecule has 0 unspecified atom stereocenters. The molecule has 1 heterocycles. The quantitative estimate of drug-likeness (QED) is 0.0552. The van der Waals surface area contributed by atoms with Crippen LogP contribution in [-0.4, -0.2) is 59.7 Å². The van der Waals surface area contributed by atoms with E-state index in [2.05, 4.69) is 25.9 Å². The van der Waals surface area contributed by atoms with E-state index in [4.69, 9.17) is 27.7 Å². The molecule has 0 aliphatic rings. The molecule has 3 rings (SSSR count). The number of guanidine groups is 1. The summed E-state index contributed by atoms with van der Waals surface area (Å²) in [4.78, 5) is 60.4. The molecular formula is C33H43N9O5. The Labute approximate surface area is 273 Å². The molecule has 0 radical (unpaired) electrons. The number of amides is 4. The van der Waals surface area contributed by atoms with Crippen LogP contribution in [0, 0.1) is 0 Å². The normalized spacial score (nSPS) is 12.5. The largest absolute Gasteiger partial charge is 0.489 e. The number of unbranched alkanes of at least 4 members (excludes halogenated alkanes) is 1. The molecule has 3 atom stereocenters. The summed E-state index contributed by atoms with van der Waals surface area (Å²) in [6, 6.07) is 16.2. The van der Waals surface area contributed by atoms with Gasteiger partial charge in [-0.25, -0.2) is 0 Å². The topological polar surface area (TPSA) is 243 Å². The fourth-order valence-electron chi connectivity index (χ4n) is 4.60. The summed E-state index contributed by atoms with van der Waals surface area (Å²) in [5, 5.41) is 8.12. The van der Waals surface area contributed by atoms with Gasteiger partial charge in [0.1, 0.15) is 30.5 Å². The third-order valence-corrected chi connectivity index (χ3v) is 7.10. The number of aliphatic imine (C=N–C) groups is 1. The standard InChI is InChI=1S/C33H43N9O5/c34-17-5-4-11-26(41-31(45)27(12-7-19-39-33(36)37)40-30(44)24-10-6-18-38-20-24)32(46)42-28(29(35)43)23-13-15-25(16-14-23)47-21-22-8-2-1-3-9-22/h1-3,6,8-10,13-16,18,20,26-28H,4-5,7,11-12,17,19,21,34H2,(H2,35,43)(H,40,44)(H,41,45)(H,42,46)(H4,36,37,39)/t26-,27-,28+/m0/s1. The first-order valence-corrected chi connectivity index (χ1v) is 15.3. The SMILES string of the molecule is NCCCC[C@H](NC(=O)[C@H](CCCN=C(N)N)NC(=O)c1cccnc1)C(=O)N[C@@H](C(N)=O)c1ccc(OCc2ccccc2)cc1. The van der Waals surface area contributed by atoms with E-state index in [0.29, 0.717) is 43.7 Å². The zero-order valence-electron chi connectivity index (χ0n) is 26.1. The van der Waals surface area contributed by atoms with Crippen LogP contribution < -0.4 is 43.6 Å². The molecule has 0 spiro atoms. The number of pyridine rings is 1. The van der Waals surface area contributed by atoms with Gasteiger partial charge in [-0.1, -0.05) is 42.5 Å². The van der Waals surface area contributed by atoms with Crippen molar-refractivity contribution in [3.8, 4) is 5.75 Å². The lowest BCUT2D eigenvalue weighted by Gasteiger charge is -2.25. The van der Waals surface area contributed by atoms with Crippen molar-refractivity contribution in [2.75, 3.05) is 13.1 Å². The highest BCUT2D eigenvalue weighted by molar-refractivity contribution is 5.98. The van der Waals surface area contributed by atoms with E-state index in [1.807, 2.05) is 30.3 Å². The lowest BCUT2D eigenvalue weighted by atomic mass is 10.0. The minimum Gasteiger partial charge on any atom is -0.489 e. The van der Waals surface area contributed by atoms with Gasteiger partial charge in [0.2, 0.25) is 17.7 Å². The number of primary amides is 1. The smallest absolute Gasteiger partial charge is 0.253 e. The van der Waals surface area contributed by atoms with Gasteiger partial charge in [-0.05, 0) is 74.0 Å². The molecule has 0 fully saturated rings. The van der Waals surface area contributed by atoms with Crippen LogP contribution in [0.1, 0.15) is 59.6 Å². The molecular weight excluding hydrogens is 602 g/mol. The van der Waals surface area contributed by atoms with Crippen molar-refractivity contribution >= 4 is 29.6 Å². The Morgan fingerprint density at radius 1 is 0.787 bits per heavy atom. The lowest BCUT2D eigenvalue weighted by Crippen LogP contribution is -2.54. The van der Waals surface area contributed by atoms with Gasteiger partial charge in [0, 0.05) is 18.9 Å². The zero-order chi connectivity index (χ0) is 34.0. The van der Waals surface area contributed by atoms with E-state index in [9.17, 15) is 19.2 Å². The average Bonchev–Trinajstić information content (AvgIpc) is 3.07. The number of carbonyl (C=O) groups is 4. The van der Waals surface area contributed by atoms with Gasteiger partial charge in [0.25, 0.3) is 5.91 Å². The second kappa shape index (κ2) is 19.1. The minimum atomic E-state index is -1.18. The maximum Gasteiger partial charge on any atom is 0.253 e. The van der Waals surface area contributed by atoms with Crippen LogP contribution in [0.4, 0.5) is 0 Å². The predicted octanol–water partition coefficient (Wildman–Crippen LogP) is 0.769. The Bertz CT molecular complexity index is 1470. The molecule has 1 aromatic heterocycles. The van der Waals surface area contributed by atoms with Gasteiger partial charge in [-0.2, -0.15) is 0 Å². The Morgan fingerprint density at radius 3 is 2.11 bits per heavy atom. The molecule has 0 saturated heterocycles. The van der Waals surface area contributed by atoms with Crippen LogP contribution in [0.15, 0.2) is 84.1 Å². The zero-order valence-corrected chi connectivity index (χ0v) is 26.1. The van der Waals surface area contributed by atoms with E-state index < -0.39 is 41.8 Å². The summed E-state index contributed by atoms with van der Waals surface area (Å²) in [6.07, 6.45) is 4.77. The first-order valence-electron chi connectivity index (χ1n) is 15.3. The van der Waals surface area contributed by atoms with Crippen molar-refractivity contribution in [3.05, 3.63) is 95.8 Å². The van der Waals surface area contributed by atoms with Crippen molar-refractivity contribution in [3.63, 3.8) is 0 Å². The number of hydrogen-bond acceptors (Lipinski definition) is 8. The van der Waals surface area contributed by atoms with Crippen LogP contribution in [0.2, 0.25) is 0 Å². The maximum absolute atomic E-state index is 13.6. The number of hydrogen-bond donors (Lipinski definition) is 7. The molecule has 47 heavy (non-hydrogen) atoms. The van der Waals surface area contributed by atoms with Gasteiger partial charge in [0.15, 0.2) is 5.96 Å². The van der Waals surface area contributed by atoms with Crippen LogP contribution in [0.25, 0.3) is 0 Å². The first kappa shape index (κ1) is 36.0. The van der Waals surface area contributed by atoms with Crippen molar-refractivity contribution in [2.45, 2.75) is 56.8 Å². The lowest BCUT2D eigenvalue weighted by molar-refractivity contribution is -0.132. The summed E-state index contributed by atoms with van der Waals surface area (Å²) < 4.78 is 5.82. The van der Waals surface area contributed by atoms with Gasteiger partial charge < -0.3 is 43.6 Å². The molecule has 0 aliphatic heterocycles. The van der Waals surface area contributed by atoms with Crippen LogP contribution in [0.5, 0.6) is 5.75 Å². The summed E-state index contributed by atoms with van der Waals surface area (Å²) in [6.45, 7) is 0.976. The predicted molar refractivity (Wildman–Crippen MR) is 178 cm³/mol. The van der Waals surface area contributed by atoms with Crippen molar-refractivity contribution < 1.29 is 23.9 Å². The molecule has 14 heteroatoms. The molecule has 14 nitrogen and oxygen atoms in total. The highest BCUT2D eigenvalue weighted by Crippen LogP contribution is 2.20. The van der Waals surface area contributed by atoms with E-state index >= 15 is 0 Å². The fourth-order valence-corrected chi connectivity index (χ4v) is 4.60. The van der Waals surface area contributed by atoms with E-state index in [1.54, 1.807) is 36.4 Å². The van der Waals surface area contributed by atoms with Crippen LogP contribution in [0.3, 0.4) is 0 Å². The van der Waals surface area contributed by atoms with Gasteiger partial charge in [-0.3, -0.25) is 29.2 Å². The van der Waals surface area contributed by atoms with Gasteiger partial charge in [0.05, 0.1) is 5.56 Å². The van der Waals surface area contributed by atoms with Crippen molar-refractivity contribution in [1.82, 2.24) is 20.9 Å². The second-order valence-corrected chi connectivity index (χ2v) is 10.7. The summed E-state index contributed by atoms with van der Waals surface area (Å²) in [5.74, 6) is -2.06. The highest BCUT2D eigenvalue weighted by atomic mass is 16.5. The van der Waals surface area contributed by atoms with E-state index in [1.165, 1.54) is 12.4 Å². The molecule has 0 bridgehead atoms. The third-order valence-electron chi connectivity index (χ3n) is 7.10. The molecule has 0 saturated carbocycles. The van der Waals surface area contributed by atoms with Gasteiger partial charge in [-0.15, -0.1) is 0 Å². The van der Waals surface area contributed by atoms with Gasteiger partial charge >= 0.3 is 0 Å². The third kappa shape index (κ3) is 12.4. The number of benzene rings is 2. The van der Waals surface area contributed by atoms with Crippen LogP contribution in [-0.2, 0) is 21.0 Å². The maximum atomic E-state index is 13.6. The second-order valence-electron chi connectivity index (χ2n) is 10.7. The number of aromatic nitrogens is 1. The molecule has 250 valence electrons. The number of ether oxygens (including phenoxy) is 1. The molecule has 3 aromatic rings. The number of nitrogens with zero attached hydrogens (tertiary/aromatic N) is 2. The van der Waals surface area contributed by atoms with E-state index in [0.717, 1.165) is 5.56 Å². The summed E-state index contributed by atoms with van der Waals surface area (Å²) >= 11 is 0. The monoisotopic (exact) mass is 645 g/mol. The number of nitrogens with one attached hydrogen (secondary N) is 3. The molecule has 11 N–H and O–H groups in total. The van der Waals surface area contributed by atoms with Crippen molar-refractivity contribution in [1.29, 1.82) is 0 Å². The summed E-state index contributed by atoms with van der Waals surface area (Å²) in [7, 11) is 0. The number of nitrogens with two attached hydrogens (primary N) is 4. The minimum absolute atomic E-state index is 0.0969. The highest BCUT2D eigenvalue weighted by Gasteiger charge is 2.29. The molecule has 0 aliphatic carbocycles. The Morgan fingerprint density at radius 2 is 1.47 bits per heavy atom. The van der Waals surface area contributed by atoms with E-state index in [-0.39, 0.29) is 30.9 Å². The number of rotatable bonds is 19. The van der Waals surface area contributed by atoms with Crippen LogP contribution >= 0.6 is 0 Å². The number of carbonyl (C=O) groups excluding carboxylic acids is 4. The Kier molecular flexibility index (Phi) is 14.6. The molecule has 4 amide bonds. The Hall–Kier alpha value is -5.50. The molecule has 2 aromatic carbocycles. The average molecular weight is 646 g/mol.